The number of rotatable bonds is 6. The number of hydrogen-bond donors (Lipinski definition) is 3. The molecule has 112 valence electrons. The van der Waals surface area contributed by atoms with E-state index in [2.05, 4.69) is 27.1 Å². The molecule has 1 aromatic heterocycles. The van der Waals surface area contributed by atoms with Crippen LogP contribution in [0.25, 0.3) is 0 Å². The number of nitrogens with one attached hydrogen (secondary N) is 2. The van der Waals surface area contributed by atoms with Crippen LogP contribution in [0.5, 0.6) is 0 Å². The highest BCUT2D eigenvalue weighted by Gasteiger charge is 2.20. The van der Waals surface area contributed by atoms with Gasteiger partial charge in [0.2, 0.25) is 5.91 Å². The molecule has 0 bridgehead atoms. The second-order valence-corrected chi connectivity index (χ2v) is 6.56. The van der Waals surface area contributed by atoms with Crippen LogP contribution in [0.1, 0.15) is 25.6 Å². The Morgan fingerprint density at radius 3 is 2.65 bits per heavy atom. The molecule has 6 heteroatoms. The molecule has 0 saturated carbocycles. The Morgan fingerprint density at radius 1 is 1.35 bits per heavy atom. The second kappa shape index (κ2) is 7.89. The number of hydrogen-bond acceptors (Lipinski definition) is 3. The van der Waals surface area contributed by atoms with Gasteiger partial charge >= 0.3 is 0 Å². The van der Waals surface area contributed by atoms with Gasteiger partial charge in [-0.25, -0.2) is 0 Å². The van der Waals surface area contributed by atoms with E-state index in [-0.39, 0.29) is 11.3 Å². The third kappa shape index (κ3) is 6.56. The number of amides is 1. The minimum absolute atomic E-state index is 0.0347. The molecule has 20 heavy (non-hydrogen) atoms. The molecule has 0 spiro atoms. The average Bonchev–Trinajstić information content (AvgIpc) is 2.86. The normalized spacial score (nSPS) is 12.2. The molecule has 5 nitrogen and oxygen atoms in total. The summed E-state index contributed by atoms with van der Waals surface area (Å²) in [6.45, 7) is 7.45. The minimum atomic E-state index is -0.361. The first-order chi connectivity index (χ1) is 9.39. The van der Waals surface area contributed by atoms with E-state index in [1.54, 1.807) is 11.3 Å². The van der Waals surface area contributed by atoms with Crippen LogP contribution in [0, 0.1) is 5.41 Å². The number of guanidine groups is 1. The molecule has 0 atom stereocenters. The standard InChI is InChI=1S/C14H24N4OS/c1-14(2,3)12(19)16-8-9-18-13(15)17-7-6-11-5-4-10-20-11/h4-5,10H,6-9H2,1-3H3,(H,16,19)(H3,15,17,18). The van der Waals surface area contributed by atoms with Gasteiger partial charge in [0, 0.05) is 36.3 Å². The van der Waals surface area contributed by atoms with Gasteiger partial charge in [-0.15, -0.1) is 11.3 Å². The van der Waals surface area contributed by atoms with Crippen LogP contribution < -0.4 is 16.4 Å². The van der Waals surface area contributed by atoms with E-state index >= 15 is 0 Å². The van der Waals surface area contributed by atoms with Crippen molar-refractivity contribution in [1.29, 1.82) is 0 Å². The van der Waals surface area contributed by atoms with E-state index in [9.17, 15) is 4.79 Å². The fourth-order valence-corrected chi connectivity index (χ4v) is 2.13. The molecule has 1 amide bonds. The summed E-state index contributed by atoms with van der Waals surface area (Å²) < 4.78 is 0. The summed E-state index contributed by atoms with van der Waals surface area (Å²) in [6, 6.07) is 4.12. The lowest BCUT2D eigenvalue weighted by Gasteiger charge is -2.17. The van der Waals surface area contributed by atoms with E-state index in [0.717, 1.165) is 6.42 Å². The summed E-state index contributed by atoms with van der Waals surface area (Å²) in [5.74, 6) is 0.457. The second-order valence-electron chi connectivity index (χ2n) is 5.53. The minimum Gasteiger partial charge on any atom is -0.370 e. The van der Waals surface area contributed by atoms with Gasteiger partial charge in [-0.2, -0.15) is 0 Å². The fraction of sp³-hybridized carbons (Fsp3) is 0.571. The predicted molar refractivity (Wildman–Crippen MR) is 85.0 cm³/mol. The van der Waals surface area contributed by atoms with Gasteiger partial charge in [0.25, 0.3) is 0 Å². The van der Waals surface area contributed by atoms with E-state index in [1.807, 2.05) is 26.8 Å². The van der Waals surface area contributed by atoms with Crippen molar-refractivity contribution in [2.45, 2.75) is 27.2 Å². The molecule has 0 fully saturated rings. The Kier molecular flexibility index (Phi) is 6.51. The van der Waals surface area contributed by atoms with Gasteiger partial charge in [0.1, 0.15) is 0 Å². The van der Waals surface area contributed by atoms with Crippen molar-refractivity contribution < 1.29 is 4.79 Å². The topological polar surface area (TPSA) is 79.5 Å². The molecule has 1 rings (SSSR count). The quantitative estimate of drug-likeness (QED) is 0.421. The van der Waals surface area contributed by atoms with Crippen molar-refractivity contribution in [3.8, 4) is 0 Å². The first kappa shape index (κ1) is 16.5. The van der Waals surface area contributed by atoms with Gasteiger partial charge < -0.3 is 16.4 Å². The van der Waals surface area contributed by atoms with E-state index in [4.69, 9.17) is 5.73 Å². The first-order valence-electron chi connectivity index (χ1n) is 6.74. The van der Waals surface area contributed by atoms with Crippen LogP contribution in [0.15, 0.2) is 22.5 Å². The molecule has 0 aliphatic carbocycles. The molecule has 0 radical (unpaired) electrons. The lowest BCUT2D eigenvalue weighted by atomic mass is 9.96. The van der Waals surface area contributed by atoms with Crippen LogP contribution >= 0.6 is 11.3 Å². The first-order valence-corrected chi connectivity index (χ1v) is 7.62. The molecule has 0 aromatic carbocycles. The highest BCUT2D eigenvalue weighted by Crippen LogP contribution is 2.11. The highest BCUT2D eigenvalue weighted by molar-refractivity contribution is 7.09. The average molecular weight is 296 g/mol. The van der Waals surface area contributed by atoms with E-state index < -0.39 is 0 Å². The number of nitrogens with two attached hydrogens (primary N) is 1. The van der Waals surface area contributed by atoms with Crippen LogP contribution in [0.4, 0.5) is 0 Å². The maximum Gasteiger partial charge on any atom is 0.225 e. The predicted octanol–water partition coefficient (Wildman–Crippen LogP) is 1.36. The van der Waals surface area contributed by atoms with Crippen molar-refractivity contribution in [2.75, 3.05) is 19.6 Å². The molecule has 0 aliphatic heterocycles. The Balaban J connectivity index is 2.13. The zero-order valence-corrected chi connectivity index (χ0v) is 13.2. The fourth-order valence-electron chi connectivity index (χ4n) is 1.43. The van der Waals surface area contributed by atoms with Crippen LogP contribution in [0.3, 0.4) is 0 Å². The summed E-state index contributed by atoms with van der Waals surface area (Å²) in [7, 11) is 0. The zero-order valence-electron chi connectivity index (χ0n) is 12.4. The van der Waals surface area contributed by atoms with Crippen LogP contribution in [0.2, 0.25) is 0 Å². The number of carbonyl (C=O) groups excluding carboxylic acids is 1. The molecule has 0 saturated heterocycles. The van der Waals surface area contributed by atoms with Gasteiger partial charge in [0.05, 0.1) is 0 Å². The van der Waals surface area contributed by atoms with E-state index in [0.29, 0.717) is 25.6 Å². The smallest absolute Gasteiger partial charge is 0.225 e. The Morgan fingerprint density at radius 2 is 2.05 bits per heavy atom. The molecule has 0 unspecified atom stereocenters. The monoisotopic (exact) mass is 296 g/mol. The number of nitrogens with zero attached hydrogens (tertiary/aromatic N) is 1. The summed E-state index contributed by atoms with van der Waals surface area (Å²) in [4.78, 5) is 17.2. The number of thiophene rings is 1. The van der Waals surface area contributed by atoms with E-state index in [1.165, 1.54) is 4.88 Å². The molecule has 0 aliphatic rings. The maximum atomic E-state index is 11.6. The maximum absolute atomic E-state index is 11.6. The van der Waals surface area contributed by atoms with Crippen molar-refractivity contribution >= 4 is 23.2 Å². The molecule has 4 N–H and O–H groups in total. The molecule has 1 heterocycles. The van der Waals surface area contributed by atoms with Crippen molar-refractivity contribution in [3.05, 3.63) is 22.4 Å². The summed E-state index contributed by atoms with van der Waals surface area (Å²) >= 11 is 1.72. The van der Waals surface area contributed by atoms with Crippen molar-refractivity contribution in [3.63, 3.8) is 0 Å². The largest absolute Gasteiger partial charge is 0.370 e. The summed E-state index contributed by atoms with van der Waals surface area (Å²) in [6.07, 6.45) is 0.904. The number of carbonyl (C=O) groups is 1. The van der Waals surface area contributed by atoms with Gasteiger partial charge in [-0.3, -0.25) is 9.79 Å². The Labute approximate surface area is 124 Å². The molecule has 1 aromatic rings. The van der Waals surface area contributed by atoms with Gasteiger partial charge in [0.15, 0.2) is 5.96 Å². The van der Waals surface area contributed by atoms with Crippen molar-refractivity contribution in [2.24, 2.45) is 16.1 Å². The Bertz CT molecular complexity index is 435. The van der Waals surface area contributed by atoms with Crippen LogP contribution in [-0.4, -0.2) is 31.5 Å². The van der Waals surface area contributed by atoms with Crippen molar-refractivity contribution in [1.82, 2.24) is 10.6 Å². The SMILES string of the molecule is CC(C)(C)C(=O)NCCNC(N)=NCCc1cccs1. The summed E-state index contributed by atoms with van der Waals surface area (Å²) in [5, 5.41) is 7.89. The zero-order chi connectivity index (χ0) is 15.0. The Hall–Kier alpha value is -1.56. The highest BCUT2D eigenvalue weighted by atomic mass is 32.1. The lowest BCUT2D eigenvalue weighted by Crippen LogP contribution is -2.41. The van der Waals surface area contributed by atoms with Gasteiger partial charge in [-0.1, -0.05) is 26.8 Å². The number of aliphatic imine (C=N–C) groups is 1. The molecular weight excluding hydrogens is 272 g/mol. The summed E-state index contributed by atoms with van der Waals surface area (Å²) in [5.41, 5.74) is 5.38. The van der Waals surface area contributed by atoms with Crippen LogP contribution in [-0.2, 0) is 11.2 Å². The van der Waals surface area contributed by atoms with Gasteiger partial charge in [-0.05, 0) is 11.4 Å². The molecular formula is C14H24N4OS. The lowest BCUT2D eigenvalue weighted by molar-refractivity contribution is -0.128. The third-order valence-electron chi connectivity index (χ3n) is 2.62. The third-order valence-corrected chi connectivity index (χ3v) is 3.55.